The maximum atomic E-state index is 12.1. The van der Waals surface area contributed by atoms with Crippen molar-refractivity contribution in [1.29, 1.82) is 0 Å². The van der Waals surface area contributed by atoms with Gasteiger partial charge in [0.1, 0.15) is 18.1 Å². The van der Waals surface area contributed by atoms with Gasteiger partial charge in [-0.25, -0.2) is 4.79 Å². The summed E-state index contributed by atoms with van der Waals surface area (Å²) in [6, 6.07) is 9.59. The van der Waals surface area contributed by atoms with E-state index in [-0.39, 0.29) is 24.4 Å². The zero-order valence-electron chi connectivity index (χ0n) is 16.6. The van der Waals surface area contributed by atoms with Crippen molar-refractivity contribution in [2.24, 2.45) is 0 Å². The van der Waals surface area contributed by atoms with Gasteiger partial charge in [0.25, 0.3) is 5.56 Å². The van der Waals surface area contributed by atoms with Gasteiger partial charge < -0.3 is 14.2 Å². The van der Waals surface area contributed by atoms with Gasteiger partial charge in [-0.15, -0.1) is 0 Å². The van der Waals surface area contributed by atoms with Crippen LogP contribution in [0.4, 0.5) is 0 Å². The molecular weight excluding hydrogens is 372 g/mol. The first kappa shape index (κ1) is 19.5. The number of fused-ring (bicyclic) bond motifs is 1. The van der Waals surface area contributed by atoms with E-state index in [2.05, 4.69) is 17.1 Å². The van der Waals surface area contributed by atoms with Crippen LogP contribution in [0.25, 0.3) is 0 Å². The van der Waals surface area contributed by atoms with E-state index in [4.69, 9.17) is 14.2 Å². The molecule has 1 aromatic carbocycles. The Bertz CT molecular complexity index is 916. The second-order valence-electron chi connectivity index (χ2n) is 7.55. The van der Waals surface area contributed by atoms with Gasteiger partial charge in [-0.05, 0) is 43.4 Å². The van der Waals surface area contributed by atoms with Crippen LogP contribution in [-0.2, 0) is 11.3 Å². The van der Waals surface area contributed by atoms with Crippen LogP contribution >= 0.6 is 0 Å². The molecule has 0 bridgehead atoms. The minimum Gasteiger partial charge on any atom is -0.490 e. The summed E-state index contributed by atoms with van der Waals surface area (Å²) in [6.07, 6.45) is 6.17. The lowest BCUT2D eigenvalue weighted by Crippen LogP contribution is -2.24. The third-order valence-corrected chi connectivity index (χ3v) is 5.52. The van der Waals surface area contributed by atoms with E-state index >= 15 is 0 Å². The van der Waals surface area contributed by atoms with Gasteiger partial charge in [0, 0.05) is 6.07 Å². The van der Waals surface area contributed by atoms with Crippen molar-refractivity contribution in [3.05, 3.63) is 51.9 Å². The second kappa shape index (κ2) is 8.68. The van der Waals surface area contributed by atoms with Crippen molar-refractivity contribution in [2.45, 2.75) is 57.6 Å². The standard InChI is InChI=1S/C22H26N2O5/c1-2-27-21(26)19-12-20(25)23-22-24(19)13-18(29-22)14-28-17-10-8-16(9-11-17)15-6-4-3-5-7-15/h8-12,15,18H,2-7,13-14H2,1H3. The first-order valence-corrected chi connectivity index (χ1v) is 10.3. The van der Waals surface area contributed by atoms with Crippen molar-refractivity contribution in [2.75, 3.05) is 13.2 Å². The first-order chi connectivity index (χ1) is 14.1. The molecule has 1 saturated carbocycles. The SMILES string of the molecule is CCOC(=O)c1cc(=O)nc2n1CC(COc1ccc(C3CCCCC3)cc1)O2. The number of esters is 1. The van der Waals surface area contributed by atoms with Crippen molar-refractivity contribution in [3.63, 3.8) is 0 Å². The molecule has 1 atom stereocenters. The highest BCUT2D eigenvalue weighted by Crippen LogP contribution is 2.33. The number of nitrogens with zero attached hydrogens (tertiary/aromatic N) is 2. The van der Waals surface area contributed by atoms with Gasteiger partial charge in [0.2, 0.25) is 0 Å². The van der Waals surface area contributed by atoms with Crippen LogP contribution in [0.3, 0.4) is 0 Å². The lowest BCUT2D eigenvalue weighted by Gasteiger charge is -2.22. The lowest BCUT2D eigenvalue weighted by atomic mass is 9.84. The number of benzene rings is 1. The molecule has 0 amide bonds. The minimum atomic E-state index is -0.559. The number of ether oxygens (including phenoxy) is 3. The van der Waals surface area contributed by atoms with E-state index in [1.54, 1.807) is 11.5 Å². The summed E-state index contributed by atoms with van der Waals surface area (Å²) in [4.78, 5) is 27.7. The third-order valence-electron chi connectivity index (χ3n) is 5.52. The summed E-state index contributed by atoms with van der Waals surface area (Å²) in [5.41, 5.74) is 1.00. The Morgan fingerprint density at radius 1 is 1.21 bits per heavy atom. The van der Waals surface area contributed by atoms with Gasteiger partial charge in [-0.3, -0.25) is 9.36 Å². The Balaban J connectivity index is 1.38. The number of carbonyl (C=O) groups excluding carboxylic acids is 1. The molecule has 2 aromatic rings. The van der Waals surface area contributed by atoms with Crippen LogP contribution in [0.2, 0.25) is 0 Å². The number of rotatable bonds is 6. The number of carbonyl (C=O) groups is 1. The molecule has 0 N–H and O–H groups in total. The highest BCUT2D eigenvalue weighted by Gasteiger charge is 2.29. The van der Waals surface area contributed by atoms with Crippen LogP contribution in [-0.4, -0.2) is 34.8 Å². The molecule has 1 fully saturated rings. The average molecular weight is 398 g/mol. The van der Waals surface area contributed by atoms with Crippen molar-refractivity contribution in [1.82, 2.24) is 9.55 Å². The quantitative estimate of drug-likeness (QED) is 0.695. The fraction of sp³-hybridized carbons (Fsp3) is 0.500. The van der Waals surface area contributed by atoms with E-state index in [0.717, 1.165) is 5.75 Å². The monoisotopic (exact) mass is 398 g/mol. The molecule has 29 heavy (non-hydrogen) atoms. The predicted molar refractivity (Wildman–Crippen MR) is 107 cm³/mol. The van der Waals surface area contributed by atoms with Crippen LogP contribution in [0.1, 0.15) is 61.0 Å². The Morgan fingerprint density at radius 2 is 1.97 bits per heavy atom. The van der Waals surface area contributed by atoms with Crippen molar-refractivity contribution < 1.29 is 19.0 Å². The fourth-order valence-corrected chi connectivity index (χ4v) is 4.06. The van der Waals surface area contributed by atoms with Gasteiger partial charge in [-0.1, -0.05) is 31.4 Å². The van der Waals surface area contributed by atoms with E-state index in [9.17, 15) is 9.59 Å². The smallest absolute Gasteiger partial charge is 0.355 e. The molecule has 4 rings (SSSR count). The van der Waals surface area contributed by atoms with E-state index in [0.29, 0.717) is 19.1 Å². The van der Waals surface area contributed by atoms with Gasteiger partial charge in [-0.2, -0.15) is 4.98 Å². The summed E-state index contributed by atoms with van der Waals surface area (Å²) < 4.78 is 18.2. The summed E-state index contributed by atoms with van der Waals surface area (Å²) in [5.74, 6) is 0.879. The normalized spacial score (nSPS) is 18.7. The predicted octanol–water partition coefficient (Wildman–Crippen LogP) is 3.31. The molecule has 7 nitrogen and oxygen atoms in total. The average Bonchev–Trinajstić information content (AvgIpc) is 3.15. The highest BCUT2D eigenvalue weighted by molar-refractivity contribution is 5.87. The van der Waals surface area contributed by atoms with Crippen LogP contribution < -0.4 is 15.0 Å². The molecule has 1 aliphatic heterocycles. The van der Waals surface area contributed by atoms with Crippen LogP contribution in [0.5, 0.6) is 11.8 Å². The summed E-state index contributed by atoms with van der Waals surface area (Å²) in [5, 5.41) is 0. The maximum Gasteiger partial charge on any atom is 0.355 e. The molecule has 0 radical (unpaired) electrons. The molecular formula is C22H26N2O5. The van der Waals surface area contributed by atoms with E-state index in [1.807, 2.05) is 12.1 Å². The third kappa shape index (κ3) is 4.44. The van der Waals surface area contributed by atoms with Crippen molar-refractivity contribution in [3.8, 4) is 11.8 Å². The largest absolute Gasteiger partial charge is 0.490 e. The summed E-state index contributed by atoms with van der Waals surface area (Å²) in [6.45, 7) is 2.61. The van der Waals surface area contributed by atoms with E-state index in [1.165, 1.54) is 43.7 Å². The zero-order chi connectivity index (χ0) is 20.2. The lowest BCUT2D eigenvalue weighted by molar-refractivity contribution is 0.0512. The van der Waals surface area contributed by atoms with Crippen LogP contribution in [0.15, 0.2) is 35.1 Å². The van der Waals surface area contributed by atoms with E-state index < -0.39 is 11.5 Å². The molecule has 2 aliphatic rings. The first-order valence-electron chi connectivity index (χ1n) is 10.3. The zero-order valence-corrected chi connectivity index (χ0v) is 16.6. The maximum absolute atomic E-state index is 12.1. The molecule has 2 heterocycles. The number of aromatic nitrogens is 2. The van der Waals surface area contributed by atoms with Crippen molar-refractivity contribution >= 4 is 5.97 Å². The second-order valence-corrected chi connectivity index (χ2v) is 7.55. The van der Waals surface area contributed by atoms with Gasteiger partial charge >= 0.3 is 12.0 Å². The summed E-state index contributed by atoms with van der Waals surface area (Å²) in [7, 11) is 0. The fourth-order valence-electron chi connectivity index (χ4n) is 4.06. The van der Waals surface area contributed by atoms with Crippen LogP contribution in [0, 0.1) is 0 Å². The molecule has 0 saturated heterocycles. The minimum absolute atomic E-state index is 0.127. The number of hydrogen-bond acceptors (Lipinski definition) is 6. The Kier molecular flexibility index (Phi) is 5.83. The Labute approximate surface area is 169 Å². The molecule has 154 valence electrons. The molecule has 0 spiro atoms. The Hall–Kier alpha value is -2.83. The molecule has 1 unspecified atom stereocenters. The Morgan fingerprint density at radius 3 is 2.69 bits per heavy atom. The number of hydrogen-bond donors (Lipinski definition) is 0. The highest BCUT2D eigenvalue weighted by atomic mass is 16.6. The van der Waals surface area contributed by atoms with Gasteiger partial charge in [0.15, 0.2) is 6.10 Å². The van der Waals surface area contributed by atoms with Gasteiger partial charge in [0.05, 0.1) is 13.2 Å². The molecule has 1 aromatic heterocycles. The topological polar surface area (TPSA) is 79.7 Å². The molecule has 7 heteroatoms. The summed E-state index contributed by atoms with van der Waals surface area (Å²) >= 11 is 0. The molecule has 1 aliphatic carbocycles.